The molecule has 1 aromatic rings. The van der Waals surface area contributed by atoms with Crippen LogP contribution in [0.5, 0.6) is 11.6 Å². The van der Waals surface area contributed by atoms with Gasteiger partial charge in [0, 0.05) is 5.56 Å². The number of aromatic nitrogens is 1. The molecule has 0 aliphatic carbocycles. The predicted octanol–water partition coefficient (Wildman–Crippen LogP) is 2.36. The maximum atomic E-state index is 12.1. The van der Waals surface area contributed by atoms with E-state index < -0.39 is 12.1 Å². The van der Waals surface area contributed by atoms with E-state index in [1.807, 2.05) is 6.07 Å². The second-order valence-electron chi connectivity index (χ2n) is 3.12. The summed E-state index contributed by atoms with van der Waals surface area (Å²) < 4.78 is 44.9. The van der Waals surface area contributed by atoms with E-state index in [0.29, 0.717) is 0 Å². The van der Waals surface area contributed by atoms with Crippen LogP contribution in [0.25, 0.3) is 0 Å². The Bertz CT molecular complexity index is 452. The number of hydrogen-bond acceptors (Lipinski definition) is 4. The van der Waals surface area contributed by atoms with Crippen molar-refractivity contribution in [2.24, 2.45) is 0 Å². The first kappa shape index (κ1) is 13.1. The number of halogens is 3. The van der Waals surface area contributed by atoms with Crippen molar-refractivity contribution >= 4 is 0 Å². The molecule has 0 unspecified atom stereocenters. The fourth-order valence-corrected chi connectivity index (χ4v) is 1.22. The monoisotopic (exact) mass is 246 g/mol. The summed E-state index contributed by atoms with van der Waals surface area (Å²) in [5.41, 5.74) is 0.292. The van der Waals surface area contributed by atoms with Gasteiger partial charge >= 0.3 is 6.36 Å². The molecule has 1 rings (SSSR count). The van der Waals surface area contributed by atoms with E-state index in [1.165, 1.54) is 14.0 Å². The van der Waals surface area contributed by atoms with Gasteiger partial charge < -0.3 is 9.47 Å². The third-order valence-electron chi connectivity index (χ3n) is 1.89. The lowest BCUT2D eigenvalue weighted by atomic mass is 10.2. The molecule has 0 saturated carbocycles. The number of alkyl halides is 3. The molecular formula is C10H9F3N2O2. The van der Waals surface area contributed by atoms with Crippen molar-refractivity contribution in [3.05, 3.63) is 17.3 Å². The van der Waals surface area contributed by atoms with E-state index in [0.717, 1.165) is 6.07 Å². The SMILES string of the molecule is COc1nc(C)c(OC(F)(F)F)cc1CC#N. The molecule has 0 aliphatic rings. The lowest BCUT2D eigenvalue weighted by Gasteiger charge is -2.13. The number of nitriles is 1. The quantitative estimate of drug-likeness (QED) is 0.821. The molecule has 17 heavy (non-hydrogen) atoms. The lowest BCUT2D eigenvalue weighted by molar-refractivity contribution is -0.275. The molecule has 0 saturated heterocycles. The Morgan fingerprint density at radius 3 is 2.59 bits per heavy atom. The van der Waals surface area contributed by atoms with Crippen LogP contribution >= 0.6 is 0 Å². The smallest absolute Gasteiger partial charge is 0.481 e. The fraction of sp³-hybridized carbons (Fsp3) is 0.400. The highest BCUT2D eigenvalue weighted by Gasteiger charge is 2.32. The Morgan fingerprint density at radius 1 is 1.47 bits per heavy atom. The Morgan fingerprint density at radius 2 is 2.12 bits per heavy atom. The number of pyridine rings is 1. The lowest BCUT2D eigenvalue weighted by Crippen LogP contribution is -2.18. The van der Waals surface area contributed by atoms with Gasteiger partial charge in [-0.05, 0) is 13.0 Å². The summed E-state index contributed by atoms with van der Waals surface area (Å²) in [6, 6.07) is 2.92. The first-order valence-corrected chi connectivity index (χ1v) is 4.54. The summed E-state index contributed by atoms with van der Waals surface area (Å²) in [5, 5.41) is 8.54. The summed E-state index contributed by atoms with van der Waals surface area (Å²) in [7, 11) is 1.33. The second-order valence-corrected chi connectivity index (χ2v) is 3.12. The van der Waals surface area contributed by atoms with Gasteiger partial charge in [0.1, 0.15) is 0 Å². The van der Waals surface area contributed by atoms with Crippen molar-refractivity contribution in [2.75, 3.05) is 7.11 Å². The third kappa shape index (κ3) is 3.52. The third-order valence-corrected chi connectivity index (χ3v) is 1.89. The molecule has 0 aliphatic heterocycles. The maximum Gasteiger partial charge on any atom is 0.573 e. The van der Waals surface area contributed by atoms with Gasteiger partial charge in [0.05, 0.1) is 25.3 Å². The largest absolute Gasteiger partial charge is 0.573 e. The van der Waals surface area contributed by atoms with Crippen molar-refractivity contribution in [2.45, 2.75) is 19.7 Å². The summed E-state index contributed by atoms with van der Waals surface area (Å²) in [6.07, 6.45) is -4.89. The highest BCUT2D eigenvalue weighted by molar-refractivity contribution is 5.39. The van der Waals surface area contributed by atoms with Gasteiger partial charge in [-0.25, -0.2) is 4.98 Å². The van der Waals surface area contributed by atoms with Crippen molar-refractivity contribution in [1.29, 1.82) is 5.26 Å². The fourth-order valence-electron chi connectivity index (χ4n) is 1.22. The molecule has 1 aromatic heterocycles. The molecular weight excluding hydrogens is 237 g/mol. The Balaban J connectivity index is 3.16. The molecule has 0 amide bonds. The van der Waals surface area contributed by atoms with Crippen LogP contribution in [-0.2, 0) is 6.42 Å². The Kier molecular flexibility index (Phi) is 3.78. The average Bonchev–Trinajstić information content (AvgIpc) is 2.21. The van der Waals surface area contributed by atoms with Gasteiger partial charge in [0.25, 0.3) is 0 Å². The van der Waals surface area contributed by atoms with Gasteiger partial charge in [-0.3, -0.25) is 0 Å². The van der Waals surface area contributed by atoms with Gasteiger partial charge in [-0.1, -0.05) is 0 Å². The number of nitrogens with zero attached hydrogens (tertiary/aromatic N) is 2. The molecule has 4 nitrogen and oxygen atoms in total. The van der Waals surface area contributed by atoms with Crippen LogP contribution in [0, 0.1) is 18.3 Å². The molecule has 0 bridgehead atoms. The molecule has 0 spiro atoms. The zero-order valence-corrected chi connectivity index (χ0v) is 9.13. The Hall–Kier alpha value is -1.97. The number of hydrogen-bond donors (Lipinski definition) is 0. The first-order valence-electron chi connectivity index (χ1n) is 4.54. The number of ether oxygens (including phenoxy) is 2. The minimum absolute atomic E-state index is 0.0425. The summed E-state index contributed by atoms with van der Waals surface area (Å²) in [4.78, 5) is 3.80. The molecule has 0 aromatic carbocycles. The zero-order chi connectivity index (χ0) is 13.1. The Labute approximate surface area is 95.6 Å². The topological polar surface area (TPSA) is 55.1 Å². The number of methoxy groups -OCH3 is 1. The number of rotatable bonds is 3. The van der Waals surface area contributed by atoms with Crippen LogP contribution in [0.15, 0.2) is 6.07 Å². The van der Waals surface area contributed by atoms with E-state index in [1.54, 1.807) is 0 Å². The van der Waals surface area contributed by atoms with E-state index in [2.05, 4.69) is 9.72 Å². The van der Waals surface area contributed by atoms with Crippen molar-refractivity contribution in [3.63, 3.8) is 0 Å². The molecule has 1 heterocycles. The molecule has 0 N–H and O–H groups in total. The predicted molar refractivity (Wildman–Crippen MR) is 51.5 cm³/mol. The van der Waals surface area contributed by atoms with Gasteiger partial charge in [-0.2, -0.15) is 5.26 Å². The van der Waals surface area contributed by atoms with Crippen LogP contribution < -0.4 is 9.47 Å². The maximum absolute atomic E-state index is 12.1. The summed E-state index contributed by atoms with van der Waals surface area (Å²) in [5.74, 6) is -0.304. The van der Waals surface area contributed by atoms with Crippen molar-refractivity contribution < 1.29 is 22.6 Å². The van der Waals surface area contributed by atoms with Crippen molar-refractivity contribution in [3.8, 4) is 17.7 Å². The van der Waals surface area contributed by atoms with Gasteiger partial charge in [0.15, 0.2) is 5.75 Å². The van der Waals surface area contributed by atoms with Gasteiger partial charge in [-0.15, -0.1) is 13.2 Å². The summed E-state index contributed by atoms with van der Waals surface area (Å²) >= 11 is 0. The average molecular weight is 246 g/mol. The van der Waals surface area contributed by atoms with Gasteiger partial charge in [0.2, 0.25) is 5.88 Å². The molecule has 0 fully saturated rings. The van der Waals surface area contributed by atoms with Crippen molar-refractivity contribution in [1.82, 2.24) is 4.98 Å². The first-order chi connectivity index (χ1) is 7.87. The molecule has 0 atom stereocenters. The van der Waals surface area contributed by atoms with E-state index >= 15 is 0 Å². The highest BCUT2D eigenvalue weighted by atomic mass is 19.4. The minimum atomic E-state index is -4.79. The molecule has 7 heteroatoms. The molecule has 0 radical (unpaired) electrons. The zero-order valence-electron chi connectivity index (χ0n) is 9.13. The minimum Gasteiger partial charge on any atom is -0.481 e. The van der Waals surface area contributed by atoms with Crippen LogP contribution in [-0.4, -0.2) is 18.5 Å². The van der Waals surface area contributed by atoms with Crippen LogP contribution in [0.4, 0.5) is 13.2 Å². The van der Waals surface area contributed by atoms with Crippen LogP contribution in [0.1, 0.15) is 11.3 Å². The van der Waals surface area contributed by atoms with E-state index in [-0.39, 0.29) is 23.6 Å². The van der Waals surface area contributed by atoms with E-state index in [4.69, 9.17) is 10.00 Å². The van der Waals surface area contributed by atoms with Crippen LogP contribution in [0.3, 0.4) is 0 Å². The second kappa shape index (κ2) is 4.91. The standard InChI is InChI=1S/C10H9F3N2O2/c1-6-8(17-10(11,12)13)5-7(3-4-14)9(15-6)16-2/h5H,3H2,1-2H3. The van der Waals surface area contributed by atoms with Crippen LogP contribution in [0.2, 0.25) is 0 Å². The molecule has 92 valence electrons. The van der Waals surface area contributed by atoms with E-state index in [9.17, 15) is 13.2 Å². The normalized spacial score (nSPS) is 10.8. The number of aryl methyl sites for hydroxylation is 1. The highest BCUT2D eigenvalue weighted by Crippen LogP contribution is 2.29. The summed E-state index contributed by atoms with van der Waals surface area (Å²) in [6.45, 7) is 1.36.